The zero-order valence-electron chi connectivity index (χ0n) is 17.1. The second kappa shape index (κ2) is 9.08. The summed E-state index contributed by atoms with van der Waals surface area (Å²) in [6.45, 7) is 6.12. The molecule has 3 aromatic rings. The van der Waals surface area contributed by atoms with Gasteiger partial charge in [-0.25, -0.2) is 14.4 Å². The van der Waals surface area contributed by atoms with Crippen LogP contribution in [0.1, 0.15) is 11.8 Å². The van der Waals surface area contributed by atoms with Gasteiger partial charge in [0, 0.05) is 50.9 Å². The molecule has 1 atom stereocenters. The van der Waals surface area contributed by atoms with Crippen LogP contribution in [-0.4, -0.2) is 89.1 Å². The molecule has 3 aromatic heterocycles. The third-order valence-corrected chi connectivity index (χ3v) is 5.58. The van der Waals surface area contributed by atoms with Crippen molar-refractivity contribution in [1.82, 2.24) is 30.0 Å². The highest BCUT2D eigenvalue weighted by Crippen LogP contribution is 2.26. The molecule has 0 saturated carbocycles. The van der Waals surface area contributed by atoms with E-state index in [0.717, 1.165) is 30.7 Å². The molecule has 2 aliphatic rings. The molecular weight excluding hydrogens is 403 g/mol. The lowest BCUT2D eigenvalue weighted by molar-refractivity contribution is -0.0300. The number of hydrogen-bond donors (Lipinski definition) is 2. The quantitative estimate of drug-likeness (QED) is 0.599. The number of hydrogen-bond acceptors (Lipinski definition) is 9. The van der Waals surface area contributed by atoms with Crippen LogP contribution in [0.5, 0.6) is 0 Å². The Hall–Kier alpha value is -2.89. The van der Waals surface area contributed by atoms with Crippen molar-refractivity contribution in [3.8, 4) is 0 Å². The molecule has 0 radical (unpaired) electrons. The Morgan fingerprint density at radius 3 is 3.00 bits per heavy atom. The summed E-state index contributed by atoms with van der Waals surface area (Å²) in [6.07, 6.45) is 2.85. The number of aromatic nitrogens is 5. The lowest BCUT2D eigenvalue weighted by Crippen LogP contribution is -2.41. The van der Waals surface area contributed by atoms with Gasteiger partial charge in [-0.15, -0.1) is 0 Å². The Balaban J connectivity index is 1.19. The Labute approximate surface area is 178 Å². The Morgan fingerprint density at radius 1 is 1.19 bits per heavy atom. The van der Waals surface area contributed by atoms with Gasteiger partial charge in [0.05, 0.1) is 31.7 Å². The number of nitrogens with zero attached hydrogens (tertiary/aromatic N) is 6. The fraction of sp³-hybridized carbons (Fsp3) is 0.500. The minimum absolute atomic E-state index is 0.105. The zero-order valence-corrected chi connectivity index (χ0v) is 17.1. The van der Waals surface area contributed by atoms with E-state index in [0.29, 0.717) is 51.1 Å². The average Bonchev–Trinajstić information content (AvgIpc) is 3.25. The van der Waals surface area contributed by atoms with Gasteiger partial charge in [0.25, 0.3) is 0 Å². The predicted molar refractivity (Wildman–Crippen MR) is 113 cm³/mol. The van der Waals surface area contributed by atoms with Gasteiger partial charge in [0.15, 0.2) is 17.3 Å². The first-order valence-corrected chi connectivity index (χ1v) is 10.5. The molecule has 2 aliphatic heterocycles. The lowest BCUT2D eigenvalue weighted by atomic mass is 10.1. The van der Waals surface area contributed by atoms with E-state index < -0.39 is 5.82 Å². The minimum Gasteiger partial charge on any atom is -0.378 e. The summed E-state index contributed by atoms with van der Waals surface area (Å²) < 4.78 is 25.5. The van der Waals surface area contributed by atoms with Crippen LogP contribution in [0.25, 0.3) is 11.0 Å². The molecule has 1 unspecified atom stereocenters. The standard InChI is InChI=1S/C20H25FN8O2/c21-15-12-24-20(29-7-9-30-10-8-29)25-19(15)23-4-5-28-6-11-31-16(13-28)17-14-2-1-3-22-18(14)27-26-17/h1-3,12,16H,4-11,13H2,(H,22,26,27)(H,23,24,25). The van der Waals surface area contributed by atoms with Crippen LogP contribution in [0, 0.1) is 5.82 Å². The molecule has 5 rings (SSSR count). The van der Waals surface area contributed by atoms with Crippen molar-refractivity contribution < 1.29 is 13.9 Å². The smallest absolute Gasteiger partial charge is 0.227 e. The molecule has 31 heavy (non-hydrogen) atoms. The van der Waals surface area contributed by atoms with Crippen LogP contribution < -0.4 is 10.2 Å². The minimum atomic E-state index is -0.451. The first-order chi connectivity index (χ1) is 15.3. The molecule has 10 nitrogen and oxygen atoms in total. The van der Waals surface area contributed by atoms with E-state index in [1.165, 1.54) is 6.20 Å². The largest absolute Gasteiger partial charge is 0.378 e. The molecule has 2 N–H and O–H groups in total. The van der Waals surface area contributed by atoms with Gasteiger partial charge >= 0.3 is 0 Å². The number of H-pyrrole nitrogens is 1. The highest BCUT2D eigenvalue weighted by atomic mass is 19.1. The van der Waals surface area contributed by atoms with Crippen molar-refractivity contribution in [1.29, 1.82) is 0 Å². The molecule has 0 aliphatic carbocycles. The fourth-order valence-electron chi connectivity index (χ4n) is 3.93. The summed E-state index contributed by atoms with van der Waals surface area (Å²) in [4.78, 5) is 17.1. The molecular formula is C20H25FN8O2. The topological polar surface area (TPSA) is 104 Å². The summed E-state index contributed by atoms with van der Waals surface area (Å²) in [5, 5.41) is 11.4. The van der Waals surface area contributed by atoms with E-state index in [9.17, 15) is 4.39 Å². The van der Waals surface area contributed by atoms with Crippen LogP contribution in [0.4, 0.5) is 16.2 Å². The molecule has 0 aromatic carbocycles. The fourth-order valence-corrected chi connectivity index (χ4v) is 3.93. The number of aromatic amines is 1. The second-order valence-corrected chi connectivity index (χ2v) is 7.56. The van der Waals surface area contributed by atoms with Gasteiger partial charge in [0.2, 0.25) is 5.95 Å². The summed E-state index contributed by atoms with van der Waals surface area (Å²) in [5.74, 6) is 0.304. The third-order valence-electron chi connectivity index (χ3n) is 5.58. The number of ether oxygens (including phenoxy) is 2. The zero-order chi connectivity index (χ0) is 21.0. The molecule has 11 heteroatoms. The van der Waals surface area contributed by atoms with Crippen molar-refractivity contribution in [3.05, 3.63) is 36.0 Å². The maximum absolute atomic E-state index is 14.2. The summed E-state index contributed by atoms with van der Waals surface area (Å²) in [5.41, 5.74) is 1.63. The lowest BCUT2D eigenvalue weighted by Gasteiger charge is -2.32. The first-order valence-electron chi connectivity index (χ1n) is 10.5. The van der Waals surface area contributed by atoms with Gasteiger partial charge in [-0.2, -0.15) is 10.1 Å². The van der Waals surface area contributed by atoms with Crippen molar-refractivity contribution in [2.45, 2.75) is 6.10 Å². The van der Waals surface area contributed by atoms with Crippen LogP contribution in [-0.2, 0) is 9.47 Å². The molecule has 0 bridgehead atoms. The Morgan fingerprint density at radius 2 is 2.10 bits per heavy atom. The molecule has 2 saturated heterocycles. The number of halogens is 1. The number of pyridine rings is 1. The molecule has 0 amide bonds. The van der Waals surface area contributed by atoms with E-state index in [4.69, 9.17) is 9.47 Å². The highest BCUT2D eigenvalue weighted by Gasteiger charge is 2.25. The highest BCUT2D eigenvalue weighted by molar-refractivity contribution is 5.77. The molecule has 0 spiro atoms. The van der Waals surface area contributed by atoms with Gasteiger partial charge < -0.3 is 19.7 Å². The molecule has 5 heterocycles. The number of anilines is 2. The number of rotatable bonds is 6. The van der Waals surface area contributed by atoms with Gasteiger partial charge in [-0.1, -0.05) is 0 Å². The van der Waals surface area contributed by atoms with Crippen molar-refractivity contribution in [2.24, 2.45) is 0 Å². The number of morpholine rings is 2. The summed E-state index contributed by atoms with van der Waals surface area (Å²) in [6, 6.07) is 3.89. The maximum Gasteiger partial charge on any atom is 0.227 e. The third kappa shape index (κ3) is 4.43. The normalized spacial score (nSPS) is 20.3. The Kier molecular flexibility index (Phi) is 5.87. The van der Waals surface area contributed by atoms with Gasteiger partial charge in [-0.3, -0.25) is 10.00 Å². The second-order valence-electron chi connectivity index (χ2n) is 7.56. The molecule has 2 fully saturated rings. The average molecular weight is 428 g/mol. The van der Waals surface area contributed by atoms with Crippen LogP contribution in [0.15, 0.2) is 24.5 Å². The molecule has 164 valence electrons. The van der Waals surface area contributed by atoms with E-state index in [1.54, 1.807) is 6.20 Å². The van der Waals surface area contributed by atoms with Crippen LogP contribution in [0.2, 0.25) is 0 Å². The van der Waals surface area contributed by atoms with Crippen LogP contribution in [0.3, 0.4) is 0 Å². The van der Waals surface area contributed by atoms with Gasteiger partial charge in [0.1, 0.15) is 6.10 Å². The van der Waals surface area contributed by atoms with E-state index in [2.05, 4.69) is 35.4 Å². The van der Waals surface area contributed by atoms with Gasteiger partial charge in [-0.05, 0) is 12.1 Å². The van der Waals surface area contributed by atoms with Crippen molar-refractivity contribution >= 4 is 22.8 Å². The summed E-state index contributed by atoms with van der Waals surface area (Å²) in [7, 11) is 0. The predicted octanol–water partition coefficient (Wildman–Crippen LogP) is 1.21. The summed E-state index contributed by atoms with van der Waals surface area (Å²) >= 11 is 0. The van der Waals surface area contributed by atoms with Crippen LogP contribution >= 0.6 is 0 Å². The van der Waals surface area contributed by atoms with E-state index in [-0.39, 0.29) is 11.9 Å². The number of fused-ring (bicyclic) bond motifs is 1. The van der Waals surface area contributed by atoms with Crippen molar-refractivity contribution in [2.75, 3.05) is 69.3 Å². The van der Waals surface area contributed by atoms with E-state index >= 15 is 0 Å². The first kappa shape index (κ1) is 20.0. The maximum atomic E-state index is 14.2. The monoisotopic (exact) mass is 428 g/mol. The Bertz CT molecular complexity index is 1030. The van der Waals surface area contributed by atoms with E-state index in [1.807, 2.05) is 17.0 Å². The number of nitrogens with one attached hydrogen (secondary N) is 2. The van der Waals surface area contributed by atoms with Crippen molar-refractivity contribution in [3.63, 3.8) is 0 Å². The SMILES string of the molecule is Fc1cnc(N2CCOCC2)nc1NCCN1CCOC(c2[nH]nc3ncccc23)C1.